The monoisotopic (exact) mass is 332 g/mol. The number of nitrogens with zero attached hydrogens (tertiary/aromatic N) is 2. The zero-order chi connectivity index (χ0) is 16.9. The maximum absolute atomic E-state index is 12.8. The van der Waals surface area contributed by atoms with Crippen LogP contribution in [-0.4, -0.2) is 41.9 Å². The molecular formula is C15H21N2NaO5. The Hall–Kier alpha value is -1.18. The van der Waals surface area contributed by atoms with Gasteiger partial charge in [0.15, 0.2) is 0 Å². The molecule has 0 bridgehead atoms. The molecular weight excluding hydrogens is 311 g/mol. The Bertz CT molecular complexity index is 520. The smallest absolute Gasteiger partial charge is 0.846 e. The molecule has 1 heterocycles. The van der Waals surface area contributed by atoms with Crippen molar-refractivity contribution in [2.24, 2.45) is 16.3 Å². The van der Waals surface area contributed by atoms with Gasteiger partial charge in [0.2, 0.25) is 5.91 Å². The largest absolute Gasteiger partial charge is 1.00 e. The van der Waals surface area contributed by atoms with Crippen molar-refractivity contribution in [2.45, 2.75) is 33.6 Å². The van der Waals surface area contributed by atoms with Gasteiger partial charge in [-0.25, -0.2) is 4.99 Å². The maximum Gasteiger partial charge on any atom is 1.00 e. The van der Waals surface area contributed by atoms with Gasteiger partial charge in [-0.1, -0.05) is 26.3 Å². The van der Waals surface area contributed by atoms with Crippen LogP contribution < -0.4 is 34.7 Å². The van der Waals surface area contributed by atoms with Crippen LogP contribution in [0.3, 0.4) is 0 Å². The predicted molar refractivity (Wildman–Crippen MR) is 77.5 cm³/mol. The fourth-order valence-electron chi connectivity index (χ4n) is 2.51. The van der Waals surface area contributed by atoms with Gasteiger partial charge in [-0.15, -0.1) is 6.58 Å². The molecule has 0 aromatic heterocycles. The number of ether oxygens (including phenoxy) is 1. The van der Waals surface area contributed by atoms with Gasteiger partial charge < -0.3 is 9.84 Å². The van der Waals surface area contributed by atoms with Crippen molar-refractivity contribution >= 4 is 23.8 Å². The first-order valence-corrected chi connectivity index (χ1v) is 7.23. The Morgan fingerprint density at radius 2 is 2.09 bits per heavy atom. The van der Waals surface area contributed by atoms with E-state index in [-0.39, 0.29) is 48.5 Å². The summed E-state index contributed by atoms with van der Waals surface area (Å²) in [5.41, 5.74) is -1.48. The van der Waals surface area contributed by atoms with Crippen LogP contribution in [-0.2, 0) is 19.1 Å². The zero-order valence-corrected chi connectivity index (χ0v) is 16.1. The summed E-state index contributed by atoms with van der Waals surface area (Å²) in [6, 6.07) is -1.02. The van der Waals surface area contributed by atoms with Gasteiger partial charge in [0.25, 0.3) is 5.91 Å². The number of rotatable bonds is 7. The predicted octanol–water partition coefficient (Wildman–Crippen LogP) is -2.75. The summed E-state index contributed by atoms with van der Waals surface area (Å²) in [5.74, 6) is -2.53. The molecule has 0 spiro atoms. The van der Waals surface area contributed by atoms with E-state index in [0.29, 0.717) is 11.3 Å². The van der Waals surface area contributed by atoms with Crippen molar-refractivity contribution in [3.05, 3.63) is 12.7 Å². The molecule has 0 saturated carbocycles. The molecule has 1 rings (SSSR count). The Kier molecular flexibility index (Phi) is 8.73. The summed E-state index contributed by atoms with van der Waals surface area (Å²) in [5, 5.41) is 11.8. The van der Waals surface area contributed by atoms with Crippen molar-refractivity contribution in [1.29, 1.82) is 0 Å². The van der Waals surface area contributed by atoms with E-state index in [2.05, 4.69) is 11.6 Å². The molecule has 8 heteroatoms. The van der Waals surface area contributed by atoms with Crippen molar-refractivity contribution in [3.8, 4) is 0 Å². The SMILES string of the molecule is C=CCC1(C(C)CC)C(=O)N=C([O-])N(CC(=O)OCC)C1=O.[Na+]. The van der Waals surface area contributed by atoms with Gasteiger partial charge in [-0.2, -0.15) is 0 Å². The Morgan fingerprint density at radius 3 is 2.57 bits per heavy atom. The molecule has 0 radical (unpaired) electrons. The number of aliphatic imine (C=N–C) groups is 1. The van der Waals surface area contributed by atoms with Gasteiger partial charge in [-0.3, -0.25) is 19.3 Å². The van der Waals surface area contributed by atoms with Crippen LogP contribution >= 0.6 is 0 Å². The maximum atomic E-state index is 12.8. The first-order valence-electron chi connectivity index (χ1n) is 7.23. The Balaban J connectivity index is 0.00000484. The van der Waals surface area contributed by atoms with E-state index < -0.39 is 35.8 Å². The fourth-order valence-corrected chi connectivity index (χ4v) is 2.51. The third-order valence-electron chi connectivity index (χ3n) is 3.95. The van der Waals surface area contributed by atoms with Crippen LogP contribution in [0.2, 0.25) is 0 Å². The number of carbonyl (C=O) groups is 3. The van der Waals surface area contributed by atoms with E-state index in [9.17, 15) is 19.5 Å². The van der Waals surface area contributed by atoms with Crippen molar-refractivity contribution in [1.82, 2.24) is 4.90 Å². The quantitative estimate of drug-likeness (QED) is 0.218. The van der Waals surface area contributed by atoms with E-state index in [0.717, 1.165) is 0 Å². The Morgan fingerprint density at radius 1 is 1.48 bits per heavy atom. The molecule has 122 valence electrons. The molecule has 2 atom stereocenters. The first kappa shape index (κ1) is 21.8. The Labute approximate surface area is 158 Å². The summed E-state index contributed by atoms with van der Waals surface area (Å²) in [6.07, 6.45) is 2.06. The molecule has 23 heavy (non-hydrogen) atoms. The van der Waals surface area contributed by atoms with Gasteiger partial charge >= 0.3 is 35.5 Å². The van der Waals surface area contributed by atoms with Crippen molar-refractivity contribution in [3.63, 3.8) is 0 Å². The van der Waals surface area contributed by atoms with Crippen LogP contribution in [0.1, 0.15) is 33.6 Å². The number of amides is 2. The average molecular weight is 332 g/mol. The van der Waals surface area contributed by atoms with Gasteiger partial charge in [0.05, 0.1) is 12.6 Å². The van der Waals surface area contributed by atoms with E-state index in [1.54, 1.807) is 13.8 Å². The molecule has 0 fully saturated rings. The second-order valence-electron chi connectivity index (χ2n) is 5.17. The second kappa shape index (κ2) is 9.20. The number of esters is 1. The standard InChI is InChI=1S/C15H22N2O5.Na/c1-5-8-15(10(4)6-2)12(19)16-14(21)17(13(15)20)9-11(18)22-7-3;/h5,10H,1,6-9H2,2-4H3,(H,16,19,21);/q;+1/p-1. The van der Waals surface area contributed by atoms with Crippen molar-refractivity contribution in [2.75, 3.05) is 13.2 Å². The minimum atomic E-state index is -1.48. The van der Waals surface area contributed by atoms with Crippen LogP contribution in [0.15, 0.2) is 17.6 Å². The number of hydrogen-bond acceptors (Lipinski definition) is 5. The fraction of sp³-hybridized carbons (Fsp3) is 0.600. The van der Waals surface area contributed by atoms with E-state index in [4.69, 9.17) is 4.74 Å². The number of hydrogen-bond donors (Lipinski definition) is 0. The third-order valence-corrected chi connectivity index (χ3v) is 3.95. The van der Waals surface area contributed by atoms with E-state index in [1.165, 1.54) is 6.08 Å². The molecule has 0 N–H and O–H groups in total. The summed E-state index contributed by atoms with van der Waals surface area (Å²) in [4.78, 5) is 40.8. The molecule has 2 amide bonds. The molecule has 1 aliphatic rings. The zero-order valence-electron chi connectivity index (χ0n) is 14.1. The first-order chi connectivity index (χ1) is 10.3. The minimum absolute atomic E-state index is 0. The summed E-state index contributed by atoms with van der Waals surface area (Å²) in [6.45, 7) is 8.36. The van der Waals surface area contributed by atoms with E-state index >= 15 is 0 Å². The molecule has 0 aliphatic carbocycles. The van der Waals surface area contributed by atoms with Crippen LogP contribution in [0.4, 0.5) is 0 Å². The number of allylic oxidation sites excluding steroid dienone is 1. The van der Waals surface area contributed by atoms with Gasteiger partial charge in [-0.05, 0) is 19.3 Å². The normalized spacial score (nSPS) is 22.0. The van der Waals surface area contributed by atoms with Crippen LogP contribution in [0, 0.1) is 11.3 Å². The summed E-state index contributed by atoms with van der Waals surface area (Å²) >= 11 is 0. The average Bonchev–Trinajstić information content (AvgIpc) is 2.47. The second-order valence-corrected chi connectivity index (χ2v) is 5.17. The molecule has 7 nitrogen and oxygen atoms in total. The summed E-state index contributed by atoms with van der Waals surface area (Å²) < 4.78 is 4.75. The van der Waals surface area contributed by atoms with Gasteiger partial charge in [0, 0.05) is 0 Å². The number of carbonyl (C=O) groups excluding carboxylic acids is 3. The van der Waals surface area contributed by atoms with E-state index in [1.807, 2.05) is 6.92 Å². The van der Waals surface area contributed by atoms with Crippen molar-refractivity contribution < 1.29 is 53.8 Å². The van der Waals surface area contributed by atoms with Crippen LogP contribution in [0.5, 0.6) is 0 Å². The van der Waals surface area contributed by atoms with Gasteiger partial charge in [0.1, 0.15) is 12.0 Å². The van der Waals surface area contributed by atoms with Crippen LogP contribution in [0.25, 0.3) is 0 Å². The molecule has 0 saturated heterocycles. The molecule has 2 unspecified atom stereocenters. The summed E-state index contributed by atoms with van der Waals surface area (Å²) in [7, 11) is 0. The molecule has 1 aliphatic heterocycles. The topological polar surface area (TPSA) is 99.1 Å². The minimum Gasteiger partial charge on any atom is -0.846 e. The number of amidine groups is 1. The molecule has 0 aromatic rings. The third kappa shape index (κ3) is 4.22. The molecule has 0 aromatic carbocycles.